The summed E-state index contributed by atoms with van der Waals surface area (Å²) in [6.07, 6.45) is 1.78. The van der Waals surface area contributed by atoms with E-state index >= 15 is 0 Å². The molecule has 0 saturated carbocycles. The van der Waals surface area contributed by atoms with Gasteiger partial charge in [0.15, 0.2) is 0 Å². The van der Waals surface area contributed by atoms with Gasteiger partial charge < -0.3 is 15.3 Å². The Hall–Kier alpha value is -1.81. The van der Waals surface area contributed by atoms with Crippen LogP contribution in [-0.4, -0.2) is 31.2 Å². The summed E-state index contributed by atoms with van der Waals surface area (Å²) in [5, 5.41) is 11.7. The van der Waals surface area contributed by atoms with Crippen molar-refractivity contribution >= 4 is 17.3 Å². The fourth-order valence-electron chi connectivity index (χ4n) is 1.44. The van der Waals surface area contributed by atoms with Crippen molar-refractivity contribution in [3.8, 4) is 0 Å². The summed E-state index contributed by atoms with van der Waals surface area (Å²) in [6, 6.07) is 7.53. The zero-order valence-corrected chi connectivity index (χ0v) is 11.1. The number of allylic oxidation sites excluding steroid dienone is 1. The molecule has 2 N–H and O–H groups in total. The number of aliphatic hydroxyl groups is 1. The second-order valence-electron chi connectivity index (χ2n) is 4.12. The van der Waals surface area contributed by atoms with Gasteiger partial charge in [-0.2, -0.15) is 0 Å². The number of hydrogen-bond donors (Lipinski definition) is 2. The standard InChI is InChI=1S/C14H20N2O2/c1-4-11(2)14(18)15-12-5-7-13(8-6-12)16(3)9-10-17/h4-8,17H,9-10H2,1-3H3,(H,15,18)/b11-4-. The van der Waals surface area contributed by atoms with Gasteiger partial charge in [0.2, 0.25) is 0 Å². The number of nitrogens with zero attached hydrogens (tertiary/aromatic N) is 1. The number of anilines is 2. The van der Waals surface area contributed by atoms with Gasteiger partial charge >= 0.3 is 0 Å². The molecule has 0 aromatic heterocycles. The summed E-state index contributed by atoms with van der Waals surface area (Å²) in [5.41, 5.74) is 2.46. The topological polar surface area (TPSA) is 52.6 Å². The monoisotopic (exact) mass is 248 g/mol. The normalized spacial score (nSPS) is 11.2. The lowest BCUT2D eigenvalue weighted by Crippen LogP contribution is -2.21. The summed E-state index contributed by atoms with van der Waals surface area (Å²) in [6.45, 7) is 4.32. The third kappa shape index (κ3) is 3.89. The van der Waals surface area contributed by atoms with Gasteiger partial charge in [-0.25, -0.2) is 0 Å². The first-order chi connectivity index (χ1) is 8.58. The summed E-state index contributed by atoms with van der Waals surface area (Å²) in [5.74, 6) is -0.0889. The average molecular weight is 248 g/mol. The van der Waals surface area contributed by atoms with E-state index in [-0.39, 0.29) is 12.5 Å². The number of benzene rings is 1. The smallest absolute Gasteiger partial charge is 0.250 e. The van der Waals surface area contributed by atoms with Crippen LogP contribution >= 0.6 is 0 Å². The van der Waals surface area contributed by atoms with Crippen LogP contribution in [0.2, 0.25) is 0 Å². The number of amides is 1. The molecule has 0 heterocycles. The van der Waals surface area contributed by atoms with Crippen molar-refractivity contribution in [3.63, 3.8) is 0 Å². The molecule has 4 nitrogen and oxygen atoms in total. The minimum atomic E-state index is -0.0889. The molecule has 0 aliphatic heterocycles. The Bertz CT molecular complexity index is 424. The third-order valence-electron chi connectivity index (χ3n) is 2.79. The maximum atomic E-state index is 11.6. The van der Waals surface area contributed by atoms with Crippen LogP contribution in [0.25, 0.3) is 0 Å². The van der Waals surface area contributed by atoms with Crippen molar-refractivity contribution in [1.29, 1.82) is 0 Å². The molecule has 0 aliphatic rings. The average Bonchev–Trinajstić information content (AvgIpc) is 2.38. The first kappa shape index (κ1) is 14.3. The van der Waals surface area contributed by atoms with Gasteiger partial charge in [0, 0.05) is 30.5 Å². The lowest BCUT2D eigenvalue weighted by atomic mass is 10.2. The van der Waals surface area contributed by atoms with Crippen LogP contribution < -0.4 is 10.2 Å². The molecule has 0 unspecified atom stereocenters. The number of carbonyl (C=O) groups excluding carboxylic acids is 1. The number of rotatable bonds is 5. The lowest BCUT2D eigenvalue weighted by molar-refractivity contribution is -0.112. The molecule has 4 heteroatoms. The van der Waals surface area contributed by atoms with E-state index in [9.17, 15) is 4.79 Å². The Balaban J connectivity index is 2.69. The Kier molecular flexibility index (Phi) is 5.39. The summed E-state index contributed by atoms with van der Waals surface area (Å²) in [7, 11) is 1.91. The van der Waals surface area contributed by atoms with Gasteiger partial charge in [0.25, 0.3) is 5.91 Å². The van der Waals surface area contributed by atoms with E-state index in [1.165, 1.54) is 0 Å². The number of carbonyl (C=O) groups is 1. The number of likely N-dealkylation sites (N-methyl/N-ethyl adjacent to an activating group) is 1. The van der Waals surface area contributed by atoms with Gasteiger partial charge in [-0.1, -0.05) is 6.08 Å². The molecule has 0 aliphatic carbocycles. The minimum Gasteiger partial charge on any atom is -0.395 e. The molecule has 0 saturated heterocycles. The Morgan fingerprint density at radius 1 is 1.39 bits per heavy atom. The van der Waals surface area contributed by atoms with Gasteiger partial charge in [-0.05, 0) is 38.1 Å². The van der Waals surface area contributed by atoms with Crippen LogP contribution in [0.15, 0.2) is 35.9 Å². The van der Waals surface area contributed by atoms with E-state index in [1.54, 1.807) is 13.0 Å². The fourth-order valence-corrected chi connectivity index (χ4v) is 1.44. The second kappa shape index (κ2) is 6.81. The maximum absolute atomic E-state index is 11.6. The maximum Gasteiger partial charge on any atom is 0.250 e. The highest BCUT2D eigenvalue weighted by molar-refractivity contribution is 6.03. The summed E-state index contributed by atoms with van der Waals surface area (Å²) >= 11 is 0. The molecule has 1 amide bonds. The third-order valence-corrected chi connectivity index (χ3v) is 2.79. The predicted molar refractivity (Wildman–Crippen MR) is 74.9 cm³/mol. The Labute approximate surface area is 108 Å². The molecule has 0 bridgehead atoms. The van der Waals surface area contributed by atoms with Crippen molar-refractivity contribution in [2.45, 2.75) is 13.8 Å². The molecule has 98 valence electrons. The Morgan fingerprint density at radius 3 is 2.50 bits per heavy atom. The zero-order chi connectivity index (χ0) is 13.5. The molecule has 1 aromatic rings. The zero-order valence-electron chi connectivity index (χ0n) is 11.1. The van der Waals surface area contributed by atoms with Crippen molar-refractivity contribution in [3.05, 3.63) is 35.9 Å². The second-order valence-corrected chi connectivity index (χ2v) is 4.12. The van der Waals surface area contributed by atoms with Crippen LogP contribution in [0.1, 0.15) is 13.8 Å². The predicted octanol–water partition coefficient (Wildman–Crippen LogP) is 2.02. The van der Waals surface area contributed by atoms with Crippen molar-refractivity contribution in [2.24, 2.45) is 0 Å². The fraction of sp³-hybridized carbons (Fsp3) is 0.357. The molecule has 0 radical (unpaired) electrons. The van der Waals surface area contributed by atoms with E-state index in [0.717, 1.165) is 11.4 Å². The number of hydrogen-bond acceptors (Lipinski definition) is 3. The first-order valence-corrected chi connectivity index (χ1v) is 5.94. The van der Waals surface area contributed by atoms with Crippen LogP contribution in [-0.2, 0) is 4.79 Å². The van der Waals surface area contributed by atoms with Crippen LogP contribution in [0.3, 0.4) is 0 Å². The lowest BCUT2D eigenvalue weighted by Gasteiger charge is -2.18. The highest BCUT2D eigenvalue weighted by Gasteiger charge is 2.04. The molecular formula is C14H20N2O2. The van der Waals surface area contributed by atoms with Gasteiger partial charge in [-0.3, -0.25) is 4.79 Å². The van der Waals surface area contributed by atoms with Crippen LogP contribution in [0.4, 0.5) is 11.4 Å². The molecule has 0 spiro atoms. The minimum absolute atomic E-state index is 0.0889. The van der Waals surface area contributed by atoms with E-state index in [2.05, 4.69) is 5.32 Å². The quantitative estimate of drug-likeness (QED) is 0.784. The number of nitrogens with one attached hydrogen (secondary N) is 1. The van der Waals surface area contributed by atoms with Crippen molar-refractivity contribution < 1.29 is 9.90 Å². The van der Waals surface area contributed by atoms with Crippen molar-refractivity contribution in [2.75, 3.05) is 30.4 Å². The van der Waals surface area contributed by atoms with Gasteiger partial charge in [0.1, 0.15) is 0 Å². The molecule has 18 heavy (non-hydrogen) atoms. The molecular weight excluding hydrogens is 228 g/mol. The highest BCUT2D eigenvalue weighted by atomic mass is 16.3. The van der Waals surface area contributed by atoms with Gasteiger partial charge in [0.05, 0.1) is 6.61 Å². The Morgan fingerprint density at radius 2 is 2.00 bits per heavy atom. The van der Waals surface area contributed by atoms with Crippen molar-refractivity contribution in [1.82, 2.24) is 0 Å². The first-order valence-electron chi connectivity index (χ1n) is 5.94. The molecule has 0 atom stereocenters. The summed E-state index contributed by atoms with van der Waals surface area (Å²) in [4.78, 5) is 13.6. The van der Waals surface area contributed by atoms with Gasteiger partial charge in [-0.15, -0.1) is 0 Å². The van der Waals surface area contributed by atoms with Crippen LogP contribution in [0.5, 0.6) is 0 Å². The molecule has 1 aromatic carbocycles. The van der Waals surface area contributed by atoms with E-state index in [0.29, 0.717) is 12.1 Å². The molecule has 1 rings (SSSR count). The summed E-state index contributed by atoms with van der Waals surface area (Å²) < 4.78 is 0. The van der Waals surface area contributed by atoms with E-state index in [4.69, 9.17) is 5.11 Å². The SMILES string of the molecule is C/C=C(/C)C(=O)Nc1ccc(N(C)CCO)cc1. The van der Waals surface area contributed by atoms with E-state index < -0.39 is 0 Å². The number of aliphatic hydroxyl groups excluding tert-OH is 1. The van der Waals surface area contributed by atoms with Crippen LogP contribution in [0, 0.1) is 0 Å². The highest BCUT2D eigenvalue weighted by Crippen LogP contribution is 2.17. The largest absolute Gasteiger partial charge is 0.395 e. The molecule has 0 fully saturated rings. The van der Waals surface area contributed by atoms with E-state index in [1.807, 2.05) is 43.1 Å².